The van der Waals surface area contributed by atoms with Crippen LogP contribution in [0.2, 0.25) is 0 Å². The minimum Gasteiger partial charge on any atom is -0.330 e. The Balaban J connectivity index is 6.43. The predicted molar refractivity (Wildman–Crippen MR) is 275 cm³/mol. The molecule has 21 heteroatoms. The van der Waals surface area contributed by atoms with Gasteiger partial charge in [0.1, 0.15) is 0 Å². The lowest BCUT2D eigenvalue weighted by Gasteiger charge is -2.34. The van der Waals surface area contributed by atoms with Gasteiger partial charge >= 0.3 is 0 Å². The Morgan fingerprint density at radius 2 is 0.391 bits per heavy atom. The second-order valence-electron chi connectivity index (χ2n) is 16.9. The van der Waals surface area contributed by atoms with Gasteiger partial charge in [0.25, 0.3) is 0 Å². The van der Waals surface area contributed by atoms with Crippen molar-refractivity contribution >= 4 is 0 Å². The molecule has 0 saturated carbocycles. The molecule has 0 aliphatic rings. The second kappa shape index (κ2) is 48.6. The molecule has 0 radical (unpaired) electrons. The maximum atomic E-state index is 6.16. The van der Waals surface area contributed by atoms with Gasteiger partial charge < -0.3 is 78.2 Å². The lowest BCUT2D eigenvalue weighted by molar-refractivity contribution is 0.131. The molecule has 386 valence electrons. The first kappa shape index (κ1) is 63.2. The van der Waals surface area contributed by atoms with Crippen LogP contribution < -0.4 is 73.3 Å². The van der Waals surface area contributed by atoms with E-state index in [0.29, 0.717) is 58.9 Å². The standard InChI is InChI=1S/C43H109N21/c44-4-2-1-3-20-57(21-8-48)30-38-63(40-36-61(28-18-55-15-6-46)34-31-58(22-9-49)23-10-50)42-43-64(39-33-60(26-13-53)27-17-54-14-5-45)41-37-62(29-19-56-16-7-47)35-32-59(24-11-51)25-12-52/h54-56H,1-53H2. The first-order chi connectivity index (χ1) is 31.4. The first-order valence-corrected chi connectivity index (χ1v) is 25.3. The summed E-state index contributed by atoms with van der Waals surface area (Å²) in [5.41, 5.74) is 59.5. The van der Waals surface area contributed by atoms with E-state index in [1.165, 1.54) is 0 Å². The minimum atomic E-state index is 0.631. The average molecular weight is 920 g/mol. The van der Waals surface area contributed by atoms with Gasteiger partial charge in [-0.15, -0.1) is 0 Å². The van der Waals surface area contributed by atoms with Gasteiger partial charge in [-0.2, -0.15) is 0 Å². The van der Waals surface area contributed by atoms with Crippen LogP contribution in [0.5, 0.6) is 0 Å². The third-order valence-electron chi connectivity index (χ3n) is 11.8. The number of unbranched alkanes of at least 4 members (excludes halogenated alkanes) is 2. The maximum absolute atomic E-state index is 6.16. The highest BCUT2D eigenvalue weighted by Gasteiger charge is 2.18. The summed E-state index contributed by atoms with van der Waals surface area (Å²) >= 11 is 0. The Hall–Kier alpha value is -0.840. The molecule has 0 aromatic carbocycles. The lowest BCUT2D eigenvalue weighted by Crippen LogP contribution is -2.49. The van der Waals surface area contributed by atoms with Crippen LogP contribution in [0.15, 0.2) is 0 Å². The zero-order valence-electron chi connectivity index (χ0n) is 41.3. The van der Waals surface area contributed by atoms with Crippen molar-refractivity contribution in [3.8, 4) is 0 Å². The topological polar surface area (TPSA) is 322 Å². The second-order valence-corrected chi connectivity index (χ2v) is 16.9. The van der Waals surface area contributed by atoms with Crippen LogP contribution in [0.25, 0.3) is 0 Å². The fraction of sp³-hybridized carbons (Fsp3) is 1.00. The van der Waals surface area contributed by atoms with Crippen molar-refractivity contribution < 1.29 is 0 Å². The van der Waals surface area contributed by atoms with Gasteiger partial charge in [-0.05, 0) is 25.9 Å². The maximum Gasteiger partial charge on any atom is 0.0110 e. The summed E-state index contributed by atoms with van der Waals surface area (Å²) in [4.78, 5) is 20.4. The van der Waals surface area contributed by atoms with E-state index in [1.807, 2.05) is 0 Å². The van der Waals surface area contributed by atoms with Crippen molar-refractivity contribution in [2.45, 2.75) is 19.3 Å². The van der Waals surface area contributed by atoms with E-state index in [9.17, 15) is 0 Å². The van der Waals surface area contributed by atoms with Crippen LogP contribution in [0.1, 0.15) is 19.3 Å². The third kappa shape index (κ3) is 38.2. The van der Waals surface area contributed by atoms with Gasteiger partial charge in [0.05, 0.1) is 0 Å². The van der Waals surface area contributed by atoms with Crippen molar-refractivity contribution in [1.82, 2.24) is 55.1 Å². The Morgan fingerprint density at radius 1 is 0.172 bits per heavy atom. The molecule has 0 heterocycles. The van der Waals surface area contributed by atoms with Gasteiger partial charge in [-0.25, -0.2) is 0 Å². The highest BCUT2D eigenvalue weighted by atomic mass is 15.3. The summed E-state index contributed by atoms with van der Waals surface area (Å²) in [5.74, 6) is 0. The van der Waals surface area contributed by atoms with Crippen LogP contribution in [-0.4, -0.2) is 301 Å². The predicted octanol–water partition coefficient (Wildman–Crippen LogP) is -7.07. The number of nitrogens with two attached hydrogens (primary N) is 10. The Bertz CT molecular complexity index is 835. The molecule has 0 aromatic heterocycles. The number of nitrogens with zero attached hydrogens (tertiary/aromatic N) is 8. The van der Waals surface area contributed by atoms with Gasteiger partial charge in [0.2, 0.25) is 0 Å². The number of rotatable bonds is 53. The summed E-state index contributed by atoms with van der Waals surface area (Å²) in [6.07, 6.45) is 3.36. The highest BCUT2D eigenvalue weighted by molar-refractivity contribution is 4.75. The fourth-order valence-electron chi connectivity index (χ4n) is 7.81. The monoisotopic (exact) mass is 920 g/mol. The minimum absolute atomic E-state index is 0.631. The van der Waals surface area contributed by atoms with Gasteiger partial charge in [0, 0.05) is 249 Å². The Labute approximate surface area is 392 Å². The molecule has 0 aliphatic carbocycles. The molecule has 0 rings (SSSR count). The normalized spacial score (nSPS) is 12.5. The number of nitrogens with one attached hydrogen (secondary N) is 3. The van der Waals surface area contributed by atoms with Crippen molar-refractivity contribution in [3.05, 3.63) is 0 Å². The molecule has 0 atom stereocenters. The molecule has 0 aromatic rings. The molecule has 0 amide bonds. The van der Waals surface area contributed by atoms with Crippen molar-refractivity contribution in [2.75, 3.05) is 262 Å². The van der Waals surface area contributed by atoms with Crippen molar-refractivity contribution in [3.63, 3.8) is 0 Å². The summed E-state index contributed by atoms with van der Waals surface area (Å²) in [6, 6.07) is 0. The molecule has 0 aliphatic heterocycles. The first-order valence-electron chi connectivity index (χ1n) is 25.3. The van der Waals surface area contributed by atoms with E-state index in [-0.39, 0.29) is 0 Å². The fourth-order valence-corrected chi connectivity index (χ4v) is 7.81. The van der Waals surface area contributed by atoms with Crippen LogP contribution in [-0.2, 0) is 0 Å². The number of hydrogen-bond acceptors (Lipinski definition) is 21. The largest absolute Gasteiger partial charge is 0.330 e. The van der Waals surface area contributed by atoms with Gasteiger partial charge in [0.15, 0.2) is 0 Å². The van der Waals surface area contributed by atoms with E-state index in [4.69, 9.17) is 57.3 Å². The molecule has 0 unspecified atom stereocenters. The Morgan fingerprint density at radius 3 is 0.625 bits per heavy atom. The lowest BCUT2D eigenvalue weighted by atomic mass is 10.2. The van der Waals surface area contributed by atoms with Crippen molar-refractivity contribution in [1.29, 1.82) is 0 Å². The zero-order valence-corrected chi connectivity index (χ0v) is 41.3. The summed E-state index contributed by atoms with van der Waals surface area (Å²) < 4.78 is 0. The molecule has 0 fully saturated rings. The van der Waals surface area contributed by atoms with E-state index in [1.54, 1.807) is 0 Å². The smallest absolute Gasteiger partial charge is 0.0110 e. The average Bonchev–Trinajstić information content (AvgIpc) is 3.29. The number of hydrogen-bond donors (Lipinski definition) is 13. The van der Waals surface area contributed by atoms with E-state index < -0.39 is 0 Å². The summed E-state index contributed by atoms with van der Waals surface area (Å²) in [5, 5.41) is 10.5. The molecular weight excluding hydrogens is 811 g/mol. The highest BCUT2D eigenvalue weighted by Crippen LogP contribution is 2.04. The Kier molecular flexibility index (Phi) is 48.0. The molecule has 64 heavy (non-hydrogen) atoms. The molecule has 0 bridgehead atoms. The van der Waals surface area contributed by atoms with E-state index >= 15 is 0 Å². The molecule has 23 N–H and O–H groups in total. The summed E-state index contributed by atoms with van der Waals surface area (Å²) in [7, 11) is 0. The van der Waals surface area contributed by atoms with Crippen LogP contribution in [0, 0.1) is 0 Å². The quantitative estimate of drug-likeness (QED) is 0.0252. The van der Waals surface area contributed by atoms with E-state index in [2.05, 4.69) is 55.1 Å². The molecule has 0 spiro atoms. The molecule has 21 nitrogen and oxygen atoms in total. The SMILES string of the molecule is NCCCCCN(CCN)CCN(CCN(CCNCCN)CCN(CCN)CCN)CCN(CCN(CCN)CCNCCN)CCN(CCNCCN)CCN(CCN)CCN. The van der Waals surface area contributed by atoms with E-state index in [0.717, 1.165) is 222 Å². The van der Waals surface area contributed by atoms with Crippen LogP contribution in [0.4, 0.5) is 0 Å². The molecular formula is C43H109N21. The van der Waals surface area contributed by atoms with Crippen molar-refractivity contribution in [2.24, 2.45) is 57.3 Å². The molecule has 0 saturated heterocycles. The third-order valence-corrected chi connectivity index (χ3v) is 11.8. The zero-order chi connectivity index (χ0) is 47.1. The summed E-state index contributed by atoms with van der Waals surface area (Å²) in [6.45, 7) is 34.3. The van der Waals surface area contributed by atoms with Gasteiger partial charge in [-0.3, -0.25) is 34.3 Å². The van der Waals surface area contributed by atoms with Gasteiger partial charge in [-0.1, -0.05) is 6.42 Å². The van der Waals surface area contributed by atoms with Crippen LogP contribution in [0.3, 0.4) is 0 Å². The van der Waals surface area contributed by atoms with Crippen LogP contribution >= 0.6 is 0 Å².